The number of nitrogens with two attached hydrogens (primary N) is 1. The standard InChI is InChI=1S/C10H14N6O/c11-6-7-2-1-3-8(7)17-10-5-4-9-12-14-15-16(9)13-10/h4-5,7-8H,1-3,6,11H2. The van der Waals surface area contributed by atoms with Gasteiger partial charge in [0.15, 0.2) is 5.65 Å². The first-order chi connectivity index (χ1) is 8.36. The molecule has 1 aliphatic rings. The molecule has 7 heteroatoms. The summed E-state index contributed by atoms with van der Waals surface area (Å²) in [5.74, 6) is 0.983. The zero-order valence-electron chi connectivity index (χ0n) is 9.36. The van der Waals surface area contributed by atoms with Crippen molar-refractivity contribution in [3.8, 4) is 5.88 Å². The number of hydrogen-bond acceptors (Lipinski definition) is 6. The lowest BCUT2D eigenvalue weighted by molar-refractivity contribution is 0.153. The molecule has 90 valence electrons. The van der Waals surface area contributed by atoms with Crippen LogP contribution in [-0.2, 0) is 0 Å². The fourth-order valence-corrected chi connectivity index (χ4v) is 2.28. The highest BCUT2D eigenvalue weighted by Gasteiger charge is 2.28. The Bertz CT molecular complexity index is 512. The van der Waals surface area contributed by atoms with Crippen molar-refractivity contribution in [2.24, 2.45) is 11.7 Å². The van der Waals surface area contributed by atoms with Crippen LogP contribution in [0.4, 0.5) is 0 Å². The lowest BCUT2D eigenvalue weighted by Crippen LogP contribution is -2.28. The zero-order valence-corrected chi connectivity index (χ0v) is 9.36. The highest BCUT2D eigenvalue weighted by Crippen LogP contribution is 2.28. The lowest BCUT2D eigenvalue weighted by Gasteiger charge is -2.18. The number of tetrazole rings is 1. The molecule has 0 aromatic carbocycles. The molecule has 2 N–H and O–H groups in total. The van der Waals surface area contributed by atoms with Crippen molar-refractivity contribution in [3.05, 3.63) is 12.1 Å². The first-order valence-corrected chi connectivity index (χ1v) is 5.79. The SMILES string of the molecule is NCC1CCCC1Oc1ccc2nnnn2n1. The predicted molar refractivity (Wildman–Crippen MR) is 59.4 cm³/mol. The third kappa shape index (κ3) is 1.93. The topological polar surface area (TPSA) is 91.2 Å². The first-order valence-electron chi connectivity index (χ1n) is 5.79. The Morgan fingerprint density at radius 2 is 2.35 bits per heavy atom. The second-order valence-corrected chi connectivity index (χ2v) is 4.28. The van der Waals surface area contributed by atoms with E-state index in [9.17, 15) is 0 Å². The maximum atomic E-state index is 5.85. The number of fused-ring (bicyclic) bond motifs is 1. The number of nitrogens with zero attached hydrogens (tertiary/aromatic N) is 5. The average Bonchev–Trinajstić information content (AvgIpc) is 2.96. The molecule has 1 aliphatic carbocycles. The molecule has 2 heterocycles. The van der Waals surface area contributed by atoms with Gasteiger partial charge in [-0.3, -0.25) is 0 Å². The minimum Gasteiger partial charge on any atom is -0.473 e. The second kappa shape index (κ2) is 4.25. The van der Waals surface area contributed by atoms with Crippen LogP contribution in [-0.4, -0.2) is 37.9 Å². The van der Waals surface area contributed by atoms with Gasteiger partial charge in [-0.25, -0.2) is 0 Å². The van der Waals surface area contributed by atoms with Crippen LogP contribution >= 0.6 is 0 Å². The fraction of sp³-hybridized carbons (Fsp3) is 0.600. The Balaban J connectivity index is 1.79. The predicted octanol–water partition coefficient (Wildman–Crippen LogP) is 0.0255. The van der Waals surface area contributed by atoms with Gasteiger partial charge in [-0.15, -0.1) is 14.8 Å². The Kier molecular flexibility index (Phi) is 2.60. The third-order valence-electron chi connectivity index (χ3n) is 3.21. The molecule has 2 atom stereocenters. The molecule has 0 radical (unpaired) electrons. The highest BCUT2D eigenvalue weighted by molar-refractivity contribution is 5.34. The number of hydrogen-bond donors (Lipinski definition) is 1. The van der Waals surface area contributed by atoms with E-state index in [1.807, 2.05) is 0 Å². The van der Waals surface area contributed by atoms with E-state index in [0.29, 0.717) is 24.0 Å². The van der Waals surface area contributed by atoms with Gasteiger partial charge in [0.2, 0.25) is 5.88 Å². The van der Waals surface area contributed by atoms with Crippen molar-refractivity contribution in [2.75, 3.05) is 6.54 Å². The molecule has 17 heavy (non-hydrogen) atoms. The number of aromatic nitrogens is 5. The lowest BCUT2D eigenvalue weighted by atomic mass is 10.1. The molecular formula is C10H14N6O. The molecule has 0 spiro atoms. The van der Waals surface area contributed by atoms with Gasteiger partial charge >= 0.3 is 0 Å². The van der Waals surface area contributed by atoms with E-state index in [1.165, 1.54) is 11.1 Å². The van der Waals surface area contributed by atoms with Crippen molar-refractivity contribution in [2.45, 2.75) is 25.4 Å². The zero-order chi connectivity index (χ0) is 11.7. The van der Waals surface area contributed by atoms with Crippen LogP contribution in [0.15, 0.2) is 12.1 Å². The maximum Gasteiger partial charge on any atom is 0.233 e. The summed E-state index contributed by atoms with van der Waals surface area (Å²) in [7, 11) is 0. The van der Waals surface area contributed by atoms with Gasteiger partial charge in [-0.2, -0.15) is 0 Å². The van der Waals surface area contributed by atoms with E-state index in [-0.39, 0.29) is 6.10 Å². The molecule has 0 saturated heterocycles. The Morgan fingerprint density at radius 3 is 3.24 bits per heavy atom. The molecule has 0 amide bonds. The summed E-state index contributed by atoms with van der Waals surface area (Å²) < 4.78 is 7.21. The fourth-order valence-electron chi connectivity index (χ4n) is 2.28. The maximum absolute atomic E-state index is 5.85. The smallest absolute Gasteiger partial charge is 0.233 e. The molecule has 2 unspecified atom stereocenters. The van der Waals surface area contributed by atoms with Gasteiger partial charge in [0, 0.05) is 12.0 Å². The summed E-state index contributed by atoms with van der Waals surface area (Å²) in [5, 5.41) is 15.2. The van der Waals surface area contributed by atoms with Gasteiger partial charge in [-0.05, 0) is 42.3 Å². The van der Waals surface area contributed by atoms with Gasteiger partial charge in [-0.1, -0.05) is 0 Å². The molecule has 2 aromatic rings. The monoisotopic (exact) mass is 234 g/mol. The highest BCUT2D eigenvalue weighted by atomic mass is 16.5. The van der Waals surface area contributed by atoms with Crippen LogP contribution in [0.1, 0.15) is 19.3 Å². The minimum absolute atomic E-state index is 0.168. The molecule has 0 aliphatic heterocycles. The number of rotatable bonds is 3. The van der Waals surface area contributed by atoms with Crippen LogP contribution < -0.4 is 10.5 Å². The largest absolute Gasteiger partial charge is 0.473 e. The van der Waals surface area contributed by atoms with Gasteiger partial charge in [0.1, 0.15) is 6.10 Å². The van der Waals surface area contributed by atoms with E-state index < -0.39 is 0 Å². The first kappa shape index (κ1) is 10.4. The van der Waals surface area contributed by atoms with Crippen molar-refractivity contribution in [1.82, 2.24) is 25.3 Å². The summed E-state index contributed by atoms with van der Waals surface area (Å²) in [5.41, 5.74) is 6.32. The van der Waals surface area contributed by atoms with Gasteiger partial charge in [0.05, 0.1) is 0 Å². The van der Waals surface area contributed by atoms with E-state index in [0.717, 1.165) is 12.8 Å². The van der Waals surface area contributed by atoms with Crippen LogP contribution in [0.25, 0.3) is 5.65 Å². The summed E-state index contributed by atoms with van der Waals surface area (Å²) in [6, 6.07) is 3.58. The van der Waals surface area contributed by atoms with Crippen molar-refractivity contribution in [1.29, 1.82) is 0 Å². The minimum atomic E-state index is 0.168. The second-order valence-electron chi connectivity index (χ2n) is 4.28. The summed E-state index contributed by atoms with van der Waals surface area (Å²) >= 11 is 0. The van der Waals surface area contributed by atoms with E-state index in [2.05, 4.69) is 20.6 Å². The molecule has 1 saturated carbocycles. The van der Waals surface area contributed by atoms with Crippen molar-refractivity contribution >= 4 is 5.65 Å². The van der Waals surface area contributed by atoms with Crippen LogP contribution in [0.2, 0.25) is 0 Å². The molecule has 2 aromatic heterocycles. The average molecular weight is 234 g/mol. The van der Waals surface area contributed by atoms with E-state index >= 15 is 0 Å². The van der Waals surface area contributed by atoms with Gasteiger partial charge in [0.25, 0.3) is 0 Å². The molecule has 7 nitrogen and oxygen atoms in total. The summed E-state index contributed by atoms with van der Waals surface area (Å²) in [4.78, 5) is 0. The summed E-state index contributed by atoms with van der Waals surface area (Å²) in [6.45, 7) is 0.664. The third-order valence-corrected chi connectivity index (χ3v) is 3.21. The van der Waals surface area contributed by atoms with Crippen LogP contribution in [0.3, 0.4) is 0 Å². The van der Waals surface area contributed by atoms with Crippen molar-refractivity contribution < 1.29 is 4.74 Å². The Labute approximate surface area is 97.9 Å². The molecule has 3 rings (SSSR count). The van der Waals surface area contributed by atoms with Gasteiger partial charge < -0.3 is 10.5 Å². The Morgan fingerprint density at radius 1 is 1.41 bits per heavy atom. The number of ether oxygens (including phenoxy) is 1. The molecule has 1 fully saturated rings. The normalized spacial score (nSPS) is 24.3. The quantitative estimate of drug-likeness (QED) is 0.805. The molecule has 0 bridgehead atoms. The van der Waals surface area contributed by atoms with Crippen molar-refractivity contribution in [3.63, 3.8) is 0 Å². The van der Waals surface area contributed by atoms with E-state index in [4.69, 9.17) is 10.5 Å². The molecular weight excluding hydrogens is 220 g/mol. The Hall–Kier alpha value is -1.76. The van der Waals surface area contributed by atoms with Crippen LogP contribution in [0.5, 0.6) is 5.88 Å². The van der Waals surface area contributed by atoms with Crippen LogP contribution in [0, 0.1) is 5.92 Å². The van der Waals surface area contributed by atoms with E-state index in [1.54, 1.807) is 12.1 Å². The summed E-state index contributed by atoms with van der Waals surface area (Å²) in [6.07, 6.45) is 3.51.